The van der Waals surface area contributed by atoms with Gasteiger partial charge in [-0.05, 0) is 11.8 Å². The number of nitrogens with one attached hydrogen (secondary N) is 1. The first-order valence-corrected chi connectivity index (χ1v) is 9.30. The summed E-state index contributed by atoms with van der Waals surface area (Å²) in [5, 5.41) is 3.18. The maximum atomic E-state index is 12.1. The van der Waals surface area contributed by atoms with E-state index in [4.69, 9.17) is 0 Å². The van der Waals surface area contributed by atoms with Crippen molar-refractivity contribution in [1.82, 2.24) is 14.5 Å². The molecule has 0 aliphatic carbocycles. The van der Waals surface area contributed by atoms with Crippen LogP contribution in [0.5, 0.6) is 0 Å². The largest absolute Gasteiger partial charge is 0.355 e. The molecule has 0 aromatic heterocycles. The number of hydrogen-bond acceptors (Lipinski definition) is 3. The van der Waals surface area contributed by atoms with Crippen molar-refractivity contribution in [2.24, 2.45) is 10.4 Å². The summed E-state index contributed by atoms with van der Waals surface area (Å²) in [6.45, 7) is 11.6. The highest BCUT2D eigenvalue weighted by Crippen LogP contribution is 2.28. The first-order chi connectivity index (χ1) is 9.75. The van der Waals surface area contributed by atoms with Crippen molar-refractivity contribution < 1.29 is 8.42 Å². The zero-order valence-electron chi connectivity index (χ0n) is 14.0. The van der Waals surface area contributed by atoms with Crippen LogP contribution in [0.4, 0.5) is 0 Å². The lowest BCUT2D eigenvalue weighted by Gasteiger charge is -2.24. The van der Waals surface area contributed by atoms with Crippen molar-refractivity contribution in [3.63, 3.8) is 0 Å². The molecule has 1 heterocycles. The third-order valence-electron chi connectivity index (χ3n) is 3.93. The molecule has 0 atom stereocenters. The third kappa shape index (κ3) is 5.14. The van der Waals surface area contributed by atoms with Crippen LogP contribution in [0.1, 0.15) is 34.1 Å². The fraction of sp³-hybridized carbons (Fsp3) is 0.929. The highest BCUT2D eigenvalue weighted by atomic mass is 32.2. The monoisotopic (exact) mass is 318 g/mol. The van der Waals surface area contributed by atoms with Gasteiger partial charge in [0.1, 0.15) is 0 Å². The van der Waals surface area contributed by atoms with Crippen LogP contribution >= 0.6 is 0 Å². The third-order valence-corrected chi connectivity index (χ3v) is 5.95. The molecule has 7 heteroatoms. The van der Waals surface area contributed by atoms with E-state index in [-0.39, 0.29) is 5.75 Å². The molecular weight excluding hydrogens is 288 g/mol. The average Bonchev–Trinajstić information content (AvgIpc) is 2.76. The van der Waals surface area contributed by atoms with E-state index in [1.54, 1.807) is 7.05 Å². The van der Waals surface area contributed by atoms with Crippen LogP contribution in [0.25, 0.3) is 0 Å². The second kappa shape index (κ2) is 7.45. The van der Waals surface area contributed by atoms with Gasteiger partial charge in [-0.25, -0.2) is 12.7 Å². The molecule has 0 amide bonds. The molecule has 1 rings (SSSR count). The van der Waals surface area contributed by atoms with E-state index in [2.05, 4.69) is 29.1 Å². The summed E-state index contributed by atoms with van der Waals surface area (Å²) in [7, 11) is -1.43. The first kappa shape index (κ1) is 18.2. The Kier molecular flexibility index (Phi) is 6.46. The minimum Gasteiger partial charge on any atom is -0.355 e. The van der Waals surface area contributed by atoms with E-state index >= 15 is 0 Å². The predicted molar refractivity (Wildman–Crippen MR) is 88.0 cm³/mol. The van der Waals surface area contributed by atoms with Gasteiger partial charge in [-0.3, -0.25) is 4.99 Å². The second-order valence-electron chi connectivity index (χ2n) is 6.21. The maximum absolute atomic E-state index is 12.1. The van der Waals surface area contributed by atoms with Crippen molar-refractivity contribution in [1.29, 1.82) is 0 Å². The Morgan fingerprint density at radius 2 is 1.95 bits per heavy atom. The van der Waals surface area contributed by atoms with Crippen LogP contribution in [0.3, 0.4) is 0 Å². The van der Waals surface area contributed by atoms with Crippen LogP contribution in [0.15, 0.2) is 4.99 Å². The maximum Gasteiger partial charge on any atom is 0.215 e. The lowest BCUT2D eigenvalue weighted by molar-refractivity contribution is 0.370. The quantitative estimate of drug-likeness (QED) is 0.585. The zero-order chi connectivity index (χ0) is 16.1. The van der Waals surface area contributed by atoms with Gasteiger partial charge < -0.3 is 10.2 Å². The Morgan fingerprint density at radius 3 is 2.38 bits per heavy atom. The lowest BCUT2D eigenvalue weighted by atomic mass is 9.93. The van der Waals surface area contributed by atoms with Gasteiger partial charge in [0.05, 0.1) is 5.75 Å². The number of likely N-dealkylation sites (tertiary alicyclic amines) is 1. The summed E-state index contributed by atoms with van der Waals surface area (Å²) in [6, 6.07) is 0. The van der Waals surface area contributed by atoms with Crippen molar-refractivity contribution in [3.8, 4) is 0 Å². The molecule has 1 aliphatic heterocycles. The summed E-state index contributed by atoms with van der Waals surface area (Å²) < 4.78 is 25.7. The Bertz CT molecular complexity index is 456. The van der Waals surface area contributed by atoms with Gasteiger partial charge in [-0.2, -0.15) is 0 Å². The molecule has 1 N–H and O–H groups in total. The lowest BCUT2D eigenvalue weighted by Crippen LogP contribution is -2.44. The molecule has 0 bridgehead atoms. The van der Waals surface area contributed by atoms with Gasteiger partial charge >= 0.3 is 0 Å². The number of nitrogens with zero attached hydrogens (tertiary/aromatic N) is 3. The van der Waals surface area contributed by atoms with Gasteiger partial charge in [0.25, 0.3) is 0 Å². The van der Waals surface area contributed by atoms with E-state index in [1.807, 2.05) is 13.8 Å². The first-order valence-electron chi connectivity index (χ1n) is 7.69. The molecule has 0 radical (unpaired) electrons. The summed E-state index contributed by atoms with van der Waals surface area (Å²) in [5.74, 6) is 0.903. The van der Waals surface area contributed by atoms with E-state index in [0.29, 0.717) is 25.0 Å². The van der Waals surface area contributed by atoms with Gasteiger partial charge in [0, 0.05) is 39.8 Å². The minimum absolute atomic E-state index is 0.102. The van der Waals surface area contributed by atoms with Crippen LogP contribution in [0.2, 0.25) is 0 Å². The number of rotatable bonds is 6. The molecule has 0 spiro atoms. The van der Waals surface area contributed by atoms with Gasteiger partial charge in [0.2, 0.25) is 10.0 Å². The fourth-order valence-corrected chi connectivity index (χ4v) is 4.07. The minimum atomic E-state index is -3.18. The fourth-order valence-electron chi connectivity index (χ4n) is 2.66. The zero-order valence-corrected chi connectivity index (χ0v) is 14.8. The van der Waals surface area contributed by atoms with Gasteiger partial charge in [-0.15, -0.1) is 0 Å². The number of sulfonamides is 1. The van der Waals surface area contributed by atoms with Gasteiger partial charge in [0.15, 0.2) is 5.96 Å². The van der Waals surface area contributed by atoms with E-state index in [0.717, 1.165) is 25.5 Å². The molecule has 0 saturated carbocycles. The van der Waals surface area contributed by atoms with Crippen molar-refractivity contribution in [2.75, 3.05) is 45.5 Å². The van der Waals surface area contributed by atoms with Crippen molar-refractivity contribution in [2.45, 2.75) is 34.1 Å². The SMILES string of the molecule is CCN(CC)S(=O)(=O)CCNC(=NC)N1CCC(C)(C)C1. The average molecular weight is 318 g/mol. The van der Waals surface area contributed by atoms with Crippen molar-refractivity contribution in [3.05, 3.63) is 0 Å². The van der Waals surface area contributed by atoms with Gasteiger partial charge in [-0.1, -0.05) is 27.7 Å². The van der Waals surface area contributed by atoms with Crippen LogP contribution in [0, 0.1) is 5.41 Å². The Labute approximate surface area is 129 Å². The number of guanidine groups is 1. The molecule has 0 unspecified atom stereocenters. The topological polar surface area (TPSA) is 65.0 Å². The van der Waals surface area contributed by atoms with E-state index in [9.17, 15) is 8.42 Å². The summed E-state index contributed by atoms with van der Waals surface area (Å²) in [5.41, 5.74) is 0.297. The summed E-state index contributed by atoms with van der Waals surface area (Å²) in [6.07, 6.45) is 1.13. The predicted octanol–water partition coefficient (Wildman–Crippen LogP) is 0.965. The molecule has 0 aromatic rings. The Hall–Kier alpha value is -0.820. The molecule has 21 heavy (non-hydrogen) atoms. The molecular formula is C14H30N4O2S. The van der Waals surface area contributed by atoms with Crippen LogP contribution in [-0.2, 0) is 10.0 Å². The van der Waals surface area contributed by atoms with E-state index in [1.165, 1.54) is 4.31 Å². The summed E-state index contributed by atoms with van der Waals surface area (Å²) in [4.78, 5) is 6.46. The molecule has 1 fully saturated rings. The van der Waals surface area contributed by atoms with Crippen LogP contribution < -0.4 is 5.32 Å². The van der Waals surface area contributed by atoms with Crippen molar-refractivity contribution >= 4 is 16.0 Å². The smallest absolute Gasteiger partial charge is 0.215 e. The highest BCUT2D eigenvalue weighted by molar-refractivity contribution is 7.89. The molecule has 6 nitrogen and oxygen atoms in total. The second-order valence-corrected chi connectivity index (χ2v) is 8.30. The molecule has 1 aliphatic rings. The number of aliphatic imine (C=N–C) groups is 1. The Morgan fingerprint density at radius 1 is 1.33 bits per heavy atom. The molecule has 0 aromatic carbocycles. The highest BCUT2D eigenvalue weighted by Gasteiger charge is 2.31. The Balaban J connectivity index is 2.51. The number of hydrogen-bond donors (Lipinski definition) is 1. The normalized spacial score (nSPS) is 19.3. The van der Waals surface area contributed by atoms with E-state index < -0.39 is 10.0 Å². The standard InChI is InChI=1S/C14H30N4O2S/c1-6-18(7-2)21(19,20)11-9-16-13(15-5)17-10-8-14(3,4)12-17/h6-12H2,1-5H3,(H,15,16). The summed E-state index contributed by atoms with van der Waals surface area (Å²) >= 11 is 0. The molecule has 124 valence electrons. The van der Waals surface area contributed by atoms with Crippen LogP contribution in [-0.4, -0.2) is 69.1 Å². The molecule has 1 saturated heterocycles.